The second-order valence-electron chi connectivity index (χ2n) is 5.47. The highest BCUT2D eigenvalue weighted by atomic mass is 19.4. The van der Waals surface area contributed by atoms with Crippen LogP contribution in [-0.2, 0) is 17.5 Å². The first-order valence-corrected chi connectivity index (χ1v) is 7.83. The van der Waals surface area contributed by atoms with Gasteiger partial charge in [-0.2, -0.15) is 13.2 Å². The predicted molar refractivity (Wildman–Crippen MR) is 88.2 cm³/mol. The quantitative estimate of drug-likeness (QED) is 0.551. The Balaban J connectivity index is 2.19. The van der Waals surface area contributed by atoms with Crippen molar-refractivity contribution in [2.75, 3.05) is 6.61 Å². The summed E-state index contributed by atoms with van der Waals surface area (Å²) in [6.07, 6.45) is -4.66. The molecule has 0 saturated carbocycles. The van der Waals surface area contributed by atoms with Gasteiger partial charge in [-0.15, -0.1) is 0 Å². The molecule has 0 saturated heterocycles. The monoisotopic (exact) mass is 366 g/mol. The van der Waals surface area contributed by atoms with Crippen LogP contribution in [0.5, 0.6) is 5.75 Å². The third-order valence-corrected chi connectivity index (χ3v) is 3.52. The van der Waals surface area contributed by atoms with E-state index in [1.807, 2.05) is 0 Å². The van der Waals surface area contributed by atoms with E-state index < -0.39 is 29.1 Å². The minimum atomic E-state index is -4.66. The summed E-state index contributed by atoms with van der Waals surface area (Å²) >= 11 is 0. The van der Waals surface area contributed by atoms with Crippen LogP contribution in [0.25, 0.3) is 0 Å². The molecule has 0 unspecified atom stereocenters. The molecule has 0 amide bonds. The Kier molecular flexibility index (Phi) is 6.02. The Morgan fingerprint density at radius 3 is 2.42 bits per heavy atom. The zero-order valence-corrected chi connectivity index (χ0v) is 14.2. The van der Waals surface area contributed by atoms with Crippen molar-refractivity contribution in [1.29, 1.82) is 0 Å². The lowest BCUT2D eigenvalue weighted by Gasteiger charge is -2.14. The van der Waals surface area contributed by atoms with Crippen molar-refractivity contribution in [2.45, 2.75) is 26.6 Å². The Labute approximate surface area is 148 Å². The van der Waals surface area contributed by atoms with Gasteiger partial charge in [-0.1, -0.05) is 12.1 Å². The van der Waals surface area contributed by atoms with Crippen molar-refractivity contribution in [3.63, 3.8) is 0 Å². The normalized spacial score (nSPS) is 11.1. The summed E-state index contributed by atoms with van der Waals surface area (Å²) in [6, 6.07) is 9.63. The average molecular weight is 366 g/mol. The van der Waals surface area contributed by atoms with E-state index in [1.165, 1.54) is 6.07 Å². The van der Waals surface area contributed by atoms with E-state index in [0.29, 0.717) is 11.1 Å². The van der Waals surface area contributed by atoms with Gasteiger partial charge in [-0.05, 0) is 49.7 Å². The smallest absolute Gasteiger partial charge is 0.417 e. The van der Waals surface area contributed by atoms with Crippen molar-refractivity contribution in [2.24, 2.45) is 0 Å². The molecule has 0 aromatic heterocycles. The van der Waals surface area contributed by atoms with E-state index in [4.69, 9.17) is 9.47 Å². The van der Waals surface area contributed by atoms with Crippen LogP contribution >= 0.6 is 0 Å². The zero-order chi connectivity index (χ0) is 19.3. The fraction of sp³-hybridized carbons (Fsp3) is 0.263. The highest BCUT2D eigenvalue weighted by Crippen LogP contribution is 2.34. The average Bonchev–Trinajstić information content (AvgIpc) is 2.59. The topological polar surface area (TPSA) is 52.6 Å². The predicted octanol–water partition coefficient (Wildman–Crippen LogP) is 4.66. The van der Waals surface area contributed by atoms with Gasteiger partial charge in [0, 0.05) is 5.56 Å². The largest absolute Gasteiger partial charge is 0.489 e. The summed E-state index contributed by atoms with van der Waals surface area (Å²) in [5.74, 6) is -1.19. The van der Waals surface area contributed by atoms with Crippen molar-refractivity contribution >= 4 is 11.8 Å². The van der Waals surface area contributed by atoms with E-state index in [2.05, 4.69) is 0 Å². The molecule has 2 rings (SSSR count). The van der Waals surface area contributed by atoms with E-state index in [-0.39, 0.29) is 19.0 Å². The minimum absolute atomic E-state index is 0.0242. The van der Waals surface area contributed by atoms with Gasteiger partial charge >= 0.3 is 12.1 Å². The molecule has 0 bridgehead atoms. The molecule has 0 heterocycles. The van der Waals surface area contributed by atoms with Crippen molar-refractivity contribution in [3.05, 3.63) is 64.7 Å². The second kappa shape index (κ2) is 8.03. The number of rotatable bonds is 6. The molecule has 0 atom stereocenters. The standard InChI is InChI=1S/C19H17F3O4/c1-3-25-18(24)14-6-4-5-13(9-14)11-26-15-7-8-16(12(2)23)17(10-15)19(20,21)22/h4-10H,3,11H2,1-2H3. The highest BCUT2D eigenvalue weighted by molar-refractivity contribution is 5.96. The molecule has 0 aliphatic rings. The molecule has 2 aromatic carbocycles. The third-order valence-electron chi connectivity index (χ3n) is 3.52. The lowest BCUT2D eigenvalue weighted by atomic mass is 10.0. The van der Waals surface area contributed by atoms with Crippen LogP contribution in [0.1, 0.15) is 45.7 Å². The number of hydrogen-bond acceptors (Lipinski definition) is 4. The molecule has 26 heavy (non-hydrogen) atoms. The molecule has 0 spiro atoms. The van der Waals surface area contributed by atoms with Gasteiger partial charge < -0.3 is 9.47 Å². The molecule has 0 aliphatic heterocycles. The number of benzene rings is 2. The van der Waals surface area contributed by atoms with Crippen LogP contribution in [0.3, 0.4) is 0 Å². The molecular formula is C19H17F3O4. The number of ketones is 1. The first kappa shape index (κ1) is 19.5. The number of ether oxygens (including phenoxy) is 2. The molecule has 0 fully saturated rings. The Hall–Kier alpha value is -2.83. The summed E-state index contributed by atoms with van der Waals surface area (Å²) in [5.41, 5.74) is -0.521. The summed E-state index contributed by atoms with van der Waals surface area (Å²) in [7, 11) is 0. The van der Waals surface area contributed by atoms with Gasteiger partial charge in [0.2, 0.25) is 0 Å². The lowest BCUT2D eigenvalue weighted by molar-refractivity contribution is -0.138. The Morgan fingerprint density at radius 1 is 1.08 bits per heavy atom. The maximum absolute atomic E-state index is 13.1. The van der Waals surface area contributed by atoms with E-state index in [9.17, 15) is 22.8 Å². The van der Waals surface area contributed by atoms with Gasteiger partial charge in [0.1, 0.15) is 12.4 Å². The third kappa shape index (κ3) is 4.84. The number of carbonyl (C=O) groups excluding carboxylic acids is 2. The fourth-order valence-corrected chi connectivity index (χ4v) is 2.32. The molecule has 0 aliphatic carbocycles. The number of halogens is 3. The molecule has 138 valence electrons. The Bertz CT molecular complexity index is 813. The number of hydrogen-bond donors (Lipinski definition) is 0. The molecule has 4 nitrogen and oxygen atoms in total. The highest BCUT2D eigenvalue weighted by Gasteiger charge is 2.35. The number of carbonyl (C=O) groups is 2. The van der Waals surface area contributed by atoms with Gasteiger partial charge in [-0.3, -0.25) is 4.79 Å². The zero-order valence-electron chi connectivity index (χ0n) is 14.2. The van der Waals surface area contributed by atoms with Gasteiger partial charge in [0.05, 0.1) is 17.7 Å². The molecule has 0 radical (unpaired) electrons. The molecular weight excluding hydrogens is 349 g/mol. The second-order valence-corrected chi connectivity index (χ2v) is 5.47. The van der Waals surface area contributed by atoms with E-state index in [1.54, 1.807) is 31.2 Å². The van der Waals surface area contributed by atoms with E-state index in [0.717, 1.165) is 19.1 Å². The van der Waals surface area contributed by atoms with Gasteiger partial charge in [0.25, 0.3) is 0 Å². The Morgan fingerprint density at radius 2 is 1.81 bits per heavy atom. The number of alkyl halides is 3. The molecule has 2 aromatic rings. The summed E-state index contributed by atoms with van der Waals surface area (Å²) in [5, 5.41) is 0. The lowest BCUT2D eigenvalue weighted by Crippen LogP contribution is -2.12. The van der Waals surface area contributed by atoms with Gasteiger partial charge in [-0.25, -0.2) is 4.79 Å². The summed E-state index contributed by atoms with van der Waals surface area (Å²) in [4.78, 5) is 23.1. The first-order chi connectivity index (χ1) is 12.2. The maximum atomic E-state index is 13.1. The summed E-state index contributed by atoms with van der Waals surface area (Å²) < 4.78 is 49.6. The first-order valence-electron chi connectivity index (χ1n) is 7.83. The fourth-order valence-electron chi connectivity index (χ4n) is 2.32. The van der Waals surface area contributed by atoms with E-state index >= 15 is 0 Å². The van der Waals surface area contributed by atoms with Crippen molar-refractivity contribution < 1.29 is 32.2 Å². The van der Waals surface area contributed by atoms with Crippen LogP contribution in [-0.4, -0.2) is 18.4 Å². The molecule has 7 heteroatoms. The van der Waals surface area contributed by atoms with Crippen LogP contribution in [0.2, 0.25) is 0 Å². The maximum Gasteiger partial charge on any atom is 0.417 e. The SMILES string of the molecule is CCOC(=O)c1cccc(COc2ccc(C(C)=O)c(C(F)(F)F)c2)c1. The van der Waals surface area contributed by atoms with Crippen LogP contribution in [0.4, 0.5) is 13.2 Å². The van der Waals surface area contributed by atoms with Crippen LogP contribution in [0.15, 0.2) is 42.5 Å². The van der Waals surface area contributed by atoms with Crippen molar-refractivity contribution in [3.8, 4) is 5.75 Å². The molecule has 0 N–H and O–H groups in total. The van der Waals surface area contributed by atoms with Crippen LogP contribution < -0.4 is 4.74 Å². The number of esters is 1. The minimum Gasteiger partial charge on any atom is -0.489 e. The summed E-state index contributed by atoms with van der Waals surface area (Å²) in [6.45, 7) is 2.96. The number of Topliss-reactive ketones (excluding diaryl/α,β-unsaturated/α-hetero) is 1. The van der Waals surface area contributed by atoms with Crippen molar-refractivity contribution in [1.82, 2.24) is 0 Å². The van der Waals surface area contributed by atoms with Crippen LogP contribution in [0, 0.1) is 0 Å². The van der Waals surface area contributed by atoms with Gasteiger partial charge in [0.15, 0.2) is 5.78 Å².